The minimum atomic E-state index is 0.0665. The van der Waals surface area contributed by atoms with Crippen molar-refractivity contribution in [3.05, 3.63) is 89.4 Å². The van der Waals surface area contributed by atoms with Gasteiger partial charge in [0, 0.05) is 23.5 Å². The van der Waals surface area contributed by atoms with Crippen LogP contribution >= 0.6 is 23.4 Å². The van der Waals surface area contributed by atoms with Crippen LogP contribution in [-0.2, 0) is 11.2 Å². The van der Waals surface area contributed by atoms with Crippen LogP contribution in [0.2, 0.25) is 5.02 Å². The molecule has 1 amide bonds. The molecule has 0 fully saturated rings. The van der Waals surface area contributed by atoms with Gasteiger partial charge in [0.15, 0.2) is 11.0 Å². The van der Waals surface area contributed by atoms with E-state index in [-0.39, 0.29) is 11.7 Å². The number of benzene rings is 3. The first kappa shape index (κ1) is 19.8. The lowest BCUT2D eigenvalue weighted by molar-refractivity contribution is -0.116. The van der Waals surface area contributed by atoms with Crippen molar-refractivity contribution in [2.45, 2.75) is 11.6 Å². The Morgan fingerprint density at radius 3 is 2.52 bits per heavy atom. The maximum Gasteiger partial charge on any atom is 0.237 e. The van der Waals surface area contributed by atoms with Gasteiger partial charge in [-0.25, -0.2) is 0 Å². The van der Waals surface area contributed by atoms with E-state index in [1.165, 1.54) is 17.3 Å². The van der Waals surface area contributed by atoms with Gasteiger partial charge < -0.3 is 4.90 Å². The third kappa shape index (κ3) is 3.84. The van der Waals surface area contributed by atoms with E-state index in [0.717, 1.165) is 29.9 Å². The Morgan fingerprint density at radius 2 is 1.68 bits per heavy atom. The number of fused-ring (bicyclic) bond motifs is 1. The van der Waals surface area contributed by atoms with E-state index in [1.54, 1.807) is 0 Å². The largest absolute Gasteiger partial charge is 0.311 e. The quantitative estimate of drug-likeness (QED) is 0.392. The Balaban J connectivity index is 1.45. The molecule has 1 aliphatic rings. The summed E-state index contributed by atoms with van der Waals surface area (Å²) in [4.78, 5) is 14.8. The summed E-state index contributed by atoms with van der Waals surface area (Å²) in [5, 5.41) is 10.1. The van der Waals surface area contributed by atoms with E-state index in [1.807, 2.05) is 82.3 Å². The lowest BCUT2D eigenvalue weighted by Crippen LogP contribution is -2.30. The van der Waals surface area contributed by atoms with Crippen LogP contribution in [0.3, 0.4) is 0 Å². The minimum absolute atomic E-state index is 0.0665. The van der Waals surface area contributed by atoms with Gasteiger partial charge in [0.05, 0.1) is 10.8 Å². The molecule has 4 aromatic rings. The summed E-state index contributed by atoms with van der Waals surface area (Å²) in [5.41, 5.74) is 3.94. The van der Waals surface area contributed by atoms with Crippen LogP contribution in [0.5, 0.6) is 0 Å². The van der Waals surface area contributed by atoms with Crippen molar-refractivity contribution in [3.8, 4) is 17.1 Å². The molecule has 2 heterocycles. The molecule has 0 unspecified atom stereocenters. The highest BCUT2D eigenvalue weighted by molar-refractivity contribution is 7.99. The van der Waals surface area contributed by atoms with Gasteiger partial charge in [-0.15, -0.1) is 10.2 Å². The Morgan fingerprint density at radius 1 is 0.935 bits per heavy atom. The first-order valence-electron chi connectivity index (χ1n) is 9.99. The second kappa shape index (κ2) is 8.57. The van der Waals surface area contributed by atoms with Crippen LogP contribution in [0.25, 0.3) is 17.1 Å². The number of rotatable bonds is 5. The first-order valence-corrected chi connectivity index (χ1v) is 11.4. The zero-order chi connectivity index (χ0) is 21.2. The number of amides is 1. The molecule has 0 spiro atoms. The highest BCUT2D eigenvalue weighted by Gasteiger charge is 2.25. The number of hydrogen-bond donors (Lipinski definition) is 0. The van der Waals surface area contributed by atoms with Crippen molar-refractivity contribution in [1.82, 2.24) is 14.8 Å². The first-order chi connectivity index (χ1) is 15.2. The van der Waals surface area contributed by atoms with Crippen molar-refractivity contribution in [3.63, 3.8) is 0 Å². The Labute approximate surface area is 189 Å². The SMILES string of the molecule is O=C(CSc1nnc(-c2ccccc2Cl)n1-c1ccccc1)N1CCc2ccccc21. The molecular weight excluding hydrogens is 428 g/mol. The second-order valence-corrected chi connectivity index (χ2v) is 8.52. The maximum absolute atomic E-state index is 13.0. The van der Waals surface area contributed by atoms with Crippen LogP contribution in [0.15, 0.2) is 84.0 Å². The fourth-order valence-corrected chi connectivity index (χ4v) is 4.84. The number of anilines is 1. The maximum atomic E-state index is 13.0. The van der Waals surface area contributed by atoms with E-state index in [9.17, 15) is 4.79 Å². The molecule has 0 aliphatic carbocycles. The molecule has 0 radical (unpaired) electrons. The summed E-state index contributed by atoms with van der Waals surface area (Å²) in [6, 6.07) is 25.5. The van der Waals surface area contributed by atoms with Gasteiger partial charge in [0.25, 0.3) is 0 Å². The number of thioether (sulfide) groups is 1. The van der Waals surface area contributed by atoms with E-state index in [4.69, 9.17) is 11.6 Å². The predicted molar refractivity (Wildman–Crippen MR) is 125 cm³/mol. The van der Waals surface area contributed by atoms with Gasteiger partial charge in [-0.1, -0.05) is 71.9 Å². The van der Waals surface area contributed by atoms with Crippen LogP contribution in [0.1, 0.15) is 5.56 Å². The molecule has 0 saturated carbocycles. The zero-order valence-electron chi connectivity index (χ0n) is 16.6. The average Bonchev–Trinajstić information content (AvgIpc) is 3.43. The Hall–Kier alpha value is -3.09. The summed E-state index contributed by atoms with van der Waals surface area (Å²) in [7, 11) is 0. The summed E-state index contributed by atoms with van der Waals surface area (Å²) < 4.78 is 1.96. The third-order valence-corrected chi connectivity index (χ3v) is 6.52. The number of carbonyl (C=O) groups excluding carboxylic acids is 1. The van der Waals surface area contributed by atoms with Crippen LogP contribution in [-0.4, -0.2) is 33.0 Å². The van der Waals surface area contributed by atoms with Gasteiger partial charge in [-0.3, -0.25) is 9.36 Å². The van der Waals surface area contributed by atoms with Gasteiger partial charge in [0.2, 0.25) is 5.91 Å². The fraction of sp³-hybridized carbons (Fsp3) is 0.125. The Bertz CT molecular complexity index is 1240. The minimum Gasteiger partial charge on any atom is -0.311 e. The lowest BCUT2D eigenvalue weighted by atomic mass is 10.2. The molecule has 5 nitrogen and oxygen atoms in total. The highest BCUT2D eigenvalue weighted by atomic mass is 35.5. The lowest BCUT2D eigenvalue weighted by Gasteiger charge is -2.17. The summed E-state index contributed by atoms with van der Waals surface area (Å²) in [6.45, 7) is 0.717. The van der Waals surface area contributed by atoms with Gasteiger partial charge in [-0.2, -0.15) is 0 Å². The molecule has 7 heteroatoms. The molecule has 1 aromatic heterocycles. The third-order valence-electron chi connectivity index (χ3n) is 5.28. The number of hydrogen-bond acceptors (Lipinski definition) is 4. The van der Waals surface area contributed by atoms with E-state index >= 15 is 0 Å². The fourth-order valence-electron chi connectivity index (χ4n) is 3.79. The van der Waals surface area contributed by atoms with Crippen molar-refractivity contribution >= 4 is 35.0 Å². The number of carbonyl (C=O) groups is 1. The van der Waals surface area contributed by atoms with Crippen molar-refractivity contribution in [1.29, 1.82) is 0 Å². The summed E-state index contributed by atoms with van der Waals surface area (Å²) in [6.07, 6.45) is 0.892. The highest BCUT2D eigenvalue weighted by Crippen LogP contribution is 2.33. The molecule has 31 heavy (non-hydrogen) atoms. The second-order valence-electron chi connectivity index (χ2n) is 7.17. The normalized spacial score (nSPS) is 12.7. The monoisotopic (exact) mass is 446 g/mol. The molecule has 0 N–H and O–H groups in total. The summed E-state index contributed by atoms with van der Waals surface area (Å²) in [5.74, 6) is 0.997. The number of para-hydroxylation sites is 2. The average molecular weight is 447 g/mol. The number of halogens is 1. The molecule has 0 atom stereocenters. The zero-order valence-corrected chi connectivity index (χ0v) is 18.2. The summed E-state index contributed by atoms with van der Waals surface area (Å²) >= 11 is 7.83. The predicted octanol–water partition coefficient (Wildman–Crippen LogP) is 5.27. The molecular formula is C24H19ClN4OS. The van der Waals surface area contributed by atoms with Crippen LogP contribution < -0.4 is 4.90 Å². The van der Waals surface area contributed by atoms with E-state index in [0.29, 0.717) is 16.0 Å². The van der Waals surface area contributed by atoms with Crippen molar-refractivity contribution in [2.75, 3.05) is 17.2 Å². The van der Waals surface area contributed by atoms with E-state index in [2.05, 4.69) is 16.3 Å². The molecule has 0 bridgehead atoms. The van der Waals surface area contributed by atoms with Crippen molar-refractivity contribution < 1.29 is 4.79 Å². The smallest absolute Gasteiger partial charge is 0.237 e. The van der Waals surface area contributed by atoms with Gasteiger partial charge in [-0.05, 0) is 42.3 Å². The Kier molecular flexibility index (Phi) is 5.49. The van der Waals surface area contributed by atoms with Gasteiger partial charge in [0.1, 0.15) is 0 Å². The standard InChI is InChI=1S/C24H19ClN4OS/c25-20-12-6-5-11-19(20)23-26-27-24(29(23)18-9-2-1-3-10-18)31-16-22(30)28-15-14-17-8-4-7-13-21(17)28/h1-13H,14-16H2. The van der Waals surface area contributed by atoms with Crippen LogP contribution in [0, 0.1) is 0 Å². The topological polar surface area (TPSA) is 51.0 Å². The molecule has 3 aromatic carbocycles. The van der Waals surface area contributed by atoms with Crippen molar-refractivity contribution in [2.24, 2.45) is 0 Å². The van der Waals surface area contributed by atoms with Crippen LogP contribution in [0.4, 0.5) is 5.69 Å². The molecule has 5 rings (SSSR count). The number of aromatic nitrogens is 3. The van der Waals surface area contributed by atoms with Gasteiger partial charge >= 0.3 is 0 Å². The molecule has 154 valence electrons. The molecule has 1 aliphatic heterocycles. The molecule has 0 saturated heterocycles. The van der Waals surface area contributed by atoms with E-state index < -0.39 is 0 Å². The number of nitrogens with zero attached hydrogens (tertiary/aromatic N) is 4.